The number of fused-ring (bicyclic) bond motifs is 1. The molecule has 1 aliphatic rings. The Hall–Kier alpha value is -3.66. The van der Waals surface area contributed by atoms with Crippen LogP contribution < -0.4 is 4.90 Å². The number of aromatic nitrogens is 2. The zero-order valence-electron chi connectivity index (χ0n) is 16.9. The molecule has 3 aromatic rings. The number of pyridine rings is 1. The molecule has 9 nitrogen and oxygen atoms in total. The minimum atomic E-state index is -0.913. The van der Waals surface area contributed by atoms with E-state index in [1.165, 1.54) is 29.3 Å². The largest absolute Gasteiger partial charge is 0.503 e. The van der Waals surface area contributed by atoms with Gasteiger partial charge in [0.15, 0.2) is 16.7 Å². The topological polar surface area (TPSA) is 127 Å². The number of hydrogen-bond donors (Lipinski definition) is 1. The highest BCUT2D eigenvalue weighted by Crippen LogP contribution is 2.45. The van der Waals surface area contributed by atoms with Crippen molar-refractivity contribution >= 4 is 44.1 Å². The van der Waals surface area contributed by atoms with Crippen LogP contribution in [0.4, 0.5) is 10.8 Å². The number of nitro benzene ring substituents is 1. The number of benzene rings is 1. The zero-order valence-corrected chi connectivity index (χ0v) is 17.7. The first-order chi connectivity index (χ1) is 14.6. The van der Waals surface area contributed by atoms with E-state index in [2.05, 4.69) is 9.97 Å². The van der Waals surface area contributed by atoms with Gasteiger partial charge in [0.25, 0.3) is 11.6 Å². The van der Waals surface area contributed by atoms with Crippen LogP contribution in [0.3, 0.4) is 0 Å². The number of nitrogens with zero attached hydrogens (tertiary/aromatic N) is 4. The Morgan fingerprint density at radius 1 is 1.29 bits per heavy atom. The molecule has 1 aromatic carbocycles. The Morgan fingerprint density at radius 3 is 2.65 bits per heavy atom. The molecule has 0 spiro atoms. The van der Waals surface area contributed by atoms with Gasteiger partial charge in [0.05, 0.1) is 26.8 Å². The monoisotopic (exact) mass is 438 g/mol. The van der Waals surface area contributed by atoms with E-state index in [4.69, 9.17) is 0 Å². The lowest BCUT2D eigenvalue weighted by atomic mass is 9.82. The van der Waals surface area contributed by atoms with Crippen LogP contribution in [0.2, 0.25) is 0 Å². The minimum absolute atomic E-state index is 0.0178. The highest BCUT2D eigenvalue weighted by atomic mass is 32.1. The molecule has 0 saturated heterocycles. The lowest BCUT2D eigenvalue weighted by Crippen LogP contribution is -2.32. The molecular formula is C21H18N4O5S. The maximum atomic E-state index is 13.2. The molecule has 1 unspecified atom stereocenters. The van der Waals surface area contributed by atoms with Gasteiger partial charge in [-0.3, -0.25) is 29.6 Å². The van der Waals surface area contributed by atoms with Gasteiger partial charge in [0, 0.05) is 29.9 Å². The first-order valence-corrected chi connectivity index (χ1v) is 10.2. The zero-order chi connectivity index (χ0) is 22.5. The van der Waals surface area contributed by atoms with Crippen LogP contribution in [0.5, 0.6) is 0 Å². The molecule has 1 atom stereocenters. The number of rotatable bonds is 4. The third-order valence-electron chi connectivity index (χ3n) is 4.91. The number of anilines is 1. The fourth-order valence-electron chi connectivity index (χ4n) is 3.41. The van der Waals surface area contributed by atoms with Gasteiger partial charge in [0.2, 0.25) is 0 Å². The Morgan fingerprint density at radius 2 is 2.03 bits per heavy atom. The average Bonchev–Trinajstić information content (AvgIpc) is 3.25. The van der Waals surface area contributed by atoms with Gasteiger partial charge in [-0.2, -0.15) is 0 Å². The molecule has 4 rings (SSSR count). The van der Waals surface area contributed by atoms with Crippen molar-refractivity contribution in [1.29, 1.82) is 0 Å². The number of Topliss-reactive ketones (excluding diaryl/α,β-unsaturated/α-hetero) is 1. The number of ketones is 1. The lowest BCUT2D eigenvalue weighted by molar-refractivity contribution is -0.384. The van der Waals surface area contributed by atoms with Gasteiger partial charge >= 0.3 is 0 Å². The van der Waals surface area contributed by atoms with Crippen LogP contribution in [0.1, 0.15) is 32.4 Å². The van der Waals surface area contributed by atoms with E-state index in [0.717, 1.165) is 11.3 Å². The van der Waals surface area contributed by atoms with Crippen molar-refractivity contribution in [2.24, 2.45) is 5.41 Å². The van der Waals surface area contributed by atoms with Gasteiger partial charge in [-0.15, -0.1) is 0 Å². The second kappa shape index (κ2) is 7.24. The maximum Gasteiger partial charge on any atom is 0.296 e. The van der Waals surface area contributed by atoms with E-state index >= 15 is 0 Å². The van der Waals surface area contributed by atoms with Gasteiger partial charge < -0.3 is 5.11 Å². The molecule has 0 bridgehead atoms. The minimum Gasteiger partial charge on any atom is -0.503 e. The predicted octanol–water partition coefficient (Wildman–Crippen LogP) is 4.11. The van der Waals surface area contributed by atoms with Gasteiger partial charge in [0.1, 0.15) is 0 Å². The number of non-ortho nitro benzene ring substituents is 1. The molecule has 0 radical (unpaired) electrons. The highest BCUT2D eigenvalue weighted by molar-refractivity contribution is 7.22. The SMILES string of the molecule is CC(C)(C)C(=O)C1=C(O)C(=O)N(c2nc3ccc([N+](=O)[O-])cc3s2)C1c1cccnc1. The Kier molecular flexibility index (Phi) is 4.81. The van der Waals surface area contributed by atoms with E-state index in [1.54, 1.807) is 39.1 Å². The molecule has 1 aliphatic heterocycles. The summed E-state index contributed by atoms with van der Waals surface area (Å²) >= 11 is 1.07. The van der Waals surface area contributed by atoms with Gasteiger partial charge in [-0.25, -0.2) is 4.98 Å². The smallest absolute Gasteiger partial charge is 0.296 e. The number of thiazole rings is 1. The number of aliphatic hydroxyl groups is 1. The fourth-order valence-corrected chi connectivity index (χ4v) is 4.43. The number of hydrogen-bond acceptors (Lipinski definition) is 8. The predicted molar refractivity (Wildman–Crippen MR) is 115 cm³/mol. The molecule has 1 amide bonds. The van der Waals surface area contributed by atoms with Crippen molar-refractivity contribution in [1.82, 2.24) is 9.97 Å². The van der Waals surface area contributed by atoms with E-state index in [-0.39, 0.29) is 22.2 Å². The molecule has 10 heteroatoms. The summed E-state index contributed by atoms with van der Waals surface area (Å²) in [7, 11) is 0. The maximum absolute atomic E-state index is 13.2. The fraction of sp³-hybridized carbons (Fsp3) is 0.238. The molecular weight excluding hydrogens is 420 g/mol. The van der Waals surface area contributed by atoms with Crippen molar-refractivity contribution < 1.29 is 19.6 Å². The standard InChI is InChI=1S/C21H18N4O5S/c1-21(2,3)18(27)15-16(11-5-4-8-22-10-11)24(19(28)17(15)26)20-23-13-7-6-12(25(29)30)9-14(13)31-20/h4-10,16,26H,1-3H3. The molecule has 158 valence electrons. The van der Waals surface area contributed by atoms with Crippen LogP contribution in [-0.4, -0.2) is 31.7 Å². The van der Waals surface area contributed by atoms with E-state index in [1.807, 2.05) is 0 Å². The highest BCUT2D eigenvalue weighted by Gasteiger charge is 2.47. The van der Waals surface area contributed by atoms with Gasteiger partial charge in [-0.05, 0) is 17.7 Å². The molecule has 31 heavy (non-hydrogen) atoms. The quantitative estimate of drug-likeness (QED) is 0.479. The average molecular weight is 438 g/mol. The van der Waals surface area contributed by atoms with Gasteiger partial charge in [-0.1, -0.05) is 38.2 Å². The summed E-state index contributed by atoms with van der Waals surface area (Å²) in [5, 5.41) is 22.0. The first-order valence-electron chi connectivity index (χ1n) is 9.36. The number of nitro groups is 1. The summed E-state index contributed by atoms with van der Waals surface area (Å²) in [6.45, 7) is 5.12. The van der Waals surface area contributed by atoms with Crippen molar-refractivity contribution in [3.63, 3.8) is 0 Å². The molecule has 0 aliphatic carbocycles. The van der Waals surface area contributed by atoms with E-state index in [0.29, 0.717) is 15.8 Å². The van der Waals surface area contributed by atoms with E-state index < -0.39 is 28.0 Å². The normalized spacial score (nSPS) is 16.9. The Labute approximate surface area is 180 Å². The van der Waals surface area contributed by atoms with Crippen LogP contribution in [0, 0.1) is 15.5 Å². The van der Waals surface area contributed by atoms with Crippen molar-refractivity contribution in [3.05, 3.63) is 69.7 Å². The number of carbonyl (C=O) groups excluding carboxylic acids is 2. The third kappa shape index (κ3) is 3.44. The third-order valence-corrected chi connectivity index (χ3v) is 5.93. The summed E-state index contributed by atoms with van der Waals surface area (Å²) < 4.78 is 0.511. The first kappa shape index (κ1) is 20.6. The van der Waals surface area contributed by atoms with Crippen LogP contribution in [0.15, 0.2) is 54.1 Å². The molecule has 2 aromatic heterocycles. The summed E-state index contributed by atoms with van der Waals surface area (Å²) in [6, 6.07) is 6.69. The number of amides is 1. The number of aliphatic hydroxyl groups excluding tert-OH is 1. The summed E-state index contributed by atoms with van der Waals surface area (Å²) in [5.74, 6) is -1.75. The number of carbonyl (C=O) groups is 2. The summed E-state index contributed by atoms with van der Waals surface area (Å²) in [5.41, 5.74) is 0.0598. The van der Waals surface area contributed by atoms with Crippen molar-refractivity contribution in [2.75, 3.05) is 4.90 Å². The van der Waals surface area contributed by atoms with Crippen LogP contribution in [0.25, 0.3) is 10.2 Å². The molecule has 1 N–H and O–H groups in total. The van der Waals surface area contributed by atoms with Crippen molar-refractivity contribution in [3.8, 4) is 0 Å². The molecule has 3 heterocycles. The second-order valence-corrected chi connectivity index (χ2v) is 9.12. The Bertz CT molecular complexity index is 1260. The summed E-state index contributed by atoms with van der Waals surface area (Å²) in [6.07, 6.45) is 3.09. The Balaban J connectivity index is 1.89. The molecule has 0 fully saturated rings. The second-order valence-electron chi connectivity index (χ2n) is 8.11. The van der Waals surface area contributed by atoms with Crippen LogP contribution in [-0.2, 0) is 9.59 Å². The molecule has 0 saturated carbocycles. The van der Waals surface area contributed by atoms with Crippen LogP contribution >= 0.6 is 11.3 Å². The van der Waals surface area contributed by atoms with Crippen molar-refractivity contribution in [2.45, 2.75) is 26.8 Å². The lowest BCUT2D eigenvalue weighted by Gasteiger charge is -2.26. The van der Waals surface area contributed by atoms with E-state index in [9.17, 15) is 24.8 Å². The summed E-state index contributed by atoms with van der Waals surface area (Å²) in [4.78, 5) is 46.6.